The fraction of sp³-hybridized carbons (Fsp3) is 0.458. The molecule has 0 bridgehead atoms. The van der Waals surface area contributed by atoms with Crippen LogP contribution < -0.4 is 5.32 Å². The van der Waals surface area contributed by atoms with E-state index in [1.54, 1.807) is 0 Å². The Labute approximate surface area is 234 Å². The number of nitrogens with one attached hydrogen (secondary N) is 1. The second-order valence-electron chi connectivity index (χ2n) is 9.67. The maximum Gasteiger partial charge on any atom is 0.471 e. The molecule has 42 heavy (non-hydrogen) atoms. The summed E-state index contributed by atoms with van der Waals surface area (Å²) in [6.45, 7) is -0.331. The highest BCUT2D eigenvalue weighted by atomic mass is 32.2. The van der Waals surface area contributed by atoms with Gasteiger partial charge in [0, 0.05) is 32.1 Å². The highest BCUT2D eigenvalue weighted by Gasteiger charge is 2.44. The number of amides is 1. The summed E-state index contributed by atoms with van der Waals surface area (Å²) in [6, 6.07) is 2.81. The molecule has 2 aliphatic rings. The highest BCUT2D eigenvalue weighted by Crippen LogP contribution is 2.37. The van der Waals surface area contributed by atoms with Crippen LogP contribution >= 0.6 is 0 Å². The first-order valence-electron chi connectivity index (χ1n) is 11.8. The highest BCUT2D eigenvalue weighted by molar-refractivity contribution is 7.91. The lowest BCUT2D eigenvalue weighted by Gasteiger charge is -2.31. The second kappa shape index (κ2) is 11.3. The van der Waals surface area contributed by atoms with Crippen LogP contribution in [0.25, 0.3) is 0 Å². The summed E-state index contributed by atoms with van der Waals surface area (Å²) in [6.07, 6.45) is -12.8. The Balaban J connectivity index is 0.000000240. The van der Waals surface area contributed by atoms with Crippen molar-refractivity contribution in [3.05, 3.63) is 57.6 Å². The first-order chi connectivity index (χ1) is 18.9. The van der Waals surface area contributed by atoms with Gasteiger partial charge in [-0.3, -0.25) is 4.79 Å². The predicted molar refractivity (Wildman–Crippen MR) is 130 cm³/mol. The van der Waals surface area contributed by atoms with Crippen molar-refractivity contribution in [2.24, 2.45) is 0 Å². The van der Waals surface area contributed by atoms with E-state index in [9.17, 15) is 61.1 Å². The van der Waals surface area contributed by atoms with Crippen LogP contribution in [0.15, 0.2) is 34.1 Å². The molecule has 4 rings (SSSR count). The van der Waals surface area contributed by atoms with Gasteiger partial charge in [0.2, 0.25) is 0 Å². The van der Waals surface area contributed by atoms with Gasteiger partial charge in [-0.2, -0.15) is 39.5 Å². The Morgan fingerprint density at radius 2 is 1.19 bits per heavy atom. The zero-order chi connectivity index (χ0) is 32.1. The van der Waals surface area contributed by atoms with Crippen LogP contribution in [-0.2, 0) is 62.8 Å². The lowest BCUT2D eigenvalue weighted by molar-refractivity contribution is -0.186. The minimum absolute atomic E-state index is 0.0109. The molecule has 2 aromatic rings. The maximum atomic E-state index is 12.9. The molecule has 2 heterocycles. The van der Waals surface area contributed by atoms with Gasteiger partial charge in [-0.05, 0) is 65.9 Å². The number of hydrogen-bond acceptors (Lipinski definition) is 6. The minimum atomic E-state index is -5.15. The number of rotatable bonds is 2. The van der Waals surface area contributed by atoms with Crippen molar-refractivity contribution in [3.63, 3.8) is 0 Å². The molecule has 0 saturated carbocycles. The summed E-state index contributed by atoms with van der Waals surface area (Å²) < 4.78 is 161. The molecule has 0 aromatic heterocycles. The number of fused-ring (bicyclic) bond motifs is 2. The van der Waals surface area contributed by atoms with Crippen LogP contribution in [0.2, 0.25) is 0 Å². The Morgan fingerprint density at radius 1 is 0.738 bits per heavy atom. The van der Waals surface area contributed by atoms with Crippen LogP contribution in [0.5, 0.6) is 0 Å². The van der Waals surface area contributed by atoms with Crippen molar-refractivity contribution in [3.8, 4) is 0 Å². The van der Waals surface area contributed by atoms with Gasteiger partial charge in [0.15, 0.2) is 19.7 Å². The first kappa shape index (κ1) is 33.6. The van der Waals surface area contributed by atoms with Gasteiger partial charge in [-0.25, -0.2) is 16.8 Å². The molecule has 2 aliphatic heterocycles. The summed E-state index contributed by atoms with van der Waals surface area (Å²) in [7, 11) is -7.67. The quantitative estimate of drug-likeness (QED) is 0.485. The molecule has 0 aliphatic carbocycles. The van der Waals surface area contributed by atoms with E-state index in [0.29, 0.717) is 41.1 Å². The summed E-state index contributed by atoms with van der Waals surface area (Å²) in [5.41, 5.74) is -1.53. The zero-order valence-corrected chi connectivity index (χ0v) is 23.4. The SMILES string of the molecule is CS(=O)(=O)c1cc(C(F)(F)F)cc2c1CCN(C(=O)C(F)(F)F)C2.CS(=O)(=O)c1cc(C(F)(F)F)cc2c1CCNC2. The Morgan fingerprint density at radius 3 is 1.62 bits per heavy atom. The van der Waals surface area contributed by atoms with Gasteiger partial charge in [-0.15, -0.1) is 0 Å². The number of sulfone groups is 2. The van der Waals surface area contributed by atoms with Gasteiger partial charge in [-0.1, -0.05) is 0 Å². The number of carbonyl (C=O) groups excluding carboxylic acids is 1. The molecule has 1 N–H and O–H groups in total. The van der Waals surface area contributed by atoms with E-state index in [1.165, 1.54) is 0 Å². The molecule has 0 atom stereocenters. The van der Waals surface area contributed by atoms with E-state index in [4.69, 9.17) is 0 Å². The standard InChI is InChI=1S/C13H11F6NO3S.C11H12F3NO2S/c1-24(22,23)10-5-8(12(14,15)16)4-7-6-20(3-2-9(7)10)11(21)13(17,18)19;1-18(16,17)10-5-8(11(12,13)14)4-7-6-15-3-2-9(7)10/h4-5H,2-3,6H2,1H3;4-5,15H,2-3,6H2,1H3. The third-order valence-electron chi connectivity index (χ3n) is 6.45. The number of halogens is 9. The molecule has 7 nitrogen and oxygen atoms in total. The van der Waals surface area contributed by atoms with E-state index >= 15 is 0 Å². The van der Waals surface area contributed by atoms with Gasteiger partial charge in [0.1, 0.15) is 0 Å². The molecule has 18 heteroatoms. The smallest absolute Gasteiger partial charge is 0.330 e. The summed E-state index contributed by atoms with van der Waals surface area (Å²) in [5.74, 6) is -2.17. The topological polar surface area (TPSA) is 101 Å². The van der Waals surface area contributed by atoms with Crippen molar-refractivity contribution in [2.45, 2.75) is 54.3 Å². The largest absolute Gasteiger partial charge is 0.471 e. The molecule has 2 aromatic carbocycles. The van der Waals surface area contributed by atoms with Gasteiger partial charge >= 0.3 is 24.4 Å². The third-order valence-corrected chi connectivity index (χ3v) is 8.77. The minimum Gasteiger partial charge on any atom is -0.330 e. The number of nitrogens with zero attached hydrogens (tertiary/aromatic N) is 1. The summed E-state index contributed by atoms with van der Waals surface area (Å²) in [4.78, 5) is 10.8. The van der Waals surface area contributed by atoms with Gasteiger partial charge in [0.05, 0.1) is 20.9 Å². The van der Waals surface area contributed by atoms with E-state index < -0.39 is 73.2 Å². The van der Waals surface area contributed by atoms with E-state index in [2.05, 4.69) is 5.32 Å². The van der Waals surface area contributed by atoms with Crippen molar-refractivity contribution < 1.29 is 61.1 Å². The summed E-state index contributed by atoms with van der Waals surface area (Å²) >= 11 is 0. The van der Waals surface area contributed by atoms with Crippen LogP contribution in [-0.4, -0.2) is 59.4 Å². The zero-order valence-electron chi connectivity index (χ0n) is 21.8. The molecule has 0 unspecified atom stereocenters. The van der Waals surface area contributed by atoms with E-state index in [0.717, 1.165) is 24.6 Å². The van der Waals surface area contributed by atoms with Crippen molar-refractivity contribution in [1.82, 2.24) is 10.2 Å². The molecular weight excluding hydrogens is 631 g/mol. The number of benzene rings is 2. The fourth-order valence-corrected chi connectivity index (χ4v) is 6.63. The number of hydrogen-bond donors (Lipinski definition) is 1. The molecule has 0 fully saturated rings. The second-order valence-corrected chi connectivity index (χ2v) is 13.6. The lowest BCUT2D eigenvalue weighted by Crippen LogP contribution is -2.44. The first-order valence-corrected chi connectivity index (χ1v) is 15.6. The predicted octanol–water partition coefficient (Wildman–Crippen LogP) is 4.31. The third kappa shape index (κ3) is 7.75. The van der Waals surface area contributed by atoms with Crippen molar-refractivity contribution >= 4 is 25.6 Å². The normalized spacial score (nSPS) is 16.2. The Hall–Kier alpha value is -2.86. The summed E-state index contributed by atoms with van der Waals surface area (Å²) in [5, 5.41) is 2.94. The molecule has 234 valence electrons. The Bertz CT molecular complexity index is 1600. The van der Waals surface area contributed by atoms with E-state index in [1.807, 2.05) is 0 Å². The van der Waals surface area contributed by atoms with Crippen LogP contribution in [0.4, 0.5) is 39.5 Å². The Kier molecular flexibility index (Phi) is 9.08. The van der Waals surface area contributed by atoms with Crippen LogP contribution in [0.1, 0.15) is 33.4 Å². The van der Waals surface area contributed by atoms with Gasteiger partial charge < -0.3 is 10.2 Å². The van der Waals surface area contributed by atoms with Gasteiger partial charge in [0.25, 0.3) is 0 Å². The fourth-order valence-electron chi connectivity index (χ4n) is 4.58. The lowest BCUT2D eigenvalue weighted by atomic mass is 9.97. The molecule has 0 spiro atoms. The van der Waals surface area contributed by atoms with Crippen LogP contribution in [0, 0.1) is 0 Å². The molecule has 0 radical (unpaired) electrons. The average Bonchev–Trinajstić information content (AvgIpc) is 2.84. The number of alkyl halides is 9. The molecule has 0 saturated heterocycles. The maximum absolute atomic E-state index is 12.9. The average molecular weight is 655 g/mol. The molecular formula is C24H23F9N2O5S2. The number of carbonyl (C=O) groups is 1. The van der Waals surface area contributed by atoms with Crippen molar-refractivity contribution in [2.75, 3.05) is 25.6 Å². The monoisotopic (exact) mass is 654 g/mol. The molecule has 1 amide bonds. The van der Waals surface area contributed by atoms with E-state index in [-0.39, 0.29) is 29.0 Å². The van der Waals surface area contributed by atoms with Crippen molar-refractivity contribution in [1.29, 1.82) is 0 Å². The van der Waals surface area contributed by atoms with Crippen LogP contribution in [0.3, 0.4) is 0 Å².